The number of ether oxygens (including phenoxy) is 1. The Morgan fingerprint density at radius 1 is 1.08 bits per heavy atom. The fourth-order valence-electron chi connectivity index (χ4n) is 7.07. The number of hydrogen-bond donors (Lipinski definition) is 1. The first-order valence-corrected chi connectivity index (χ1v) is 13.5. The number of morpholine rings is 1. The van der Waals surface area contributed by atoms with Crippen molar-refractivity contribution in [2.75, 3.05) is 44.3 Å². The van der Waals surface area contributed by atoms with E-state index in [2.05, 4.69) is 36.6 Å². The van der Waals surface area contributed by atoms with Crippen molar-refractivity contribution < 1.29 is 14.3 Å². The van der Waals surface area contributed by atoms with Gasteiger partial charge in [-0.05, 0) is 66.1 Å². The van der Waals surface area contributed by atoms with Crippen LogP contribution in [0.15, 0.2) is 36.0 Å². The van der Waals surface area contributed by atoms with E-state index in [-0.39, 0.29) is 16.7 Å². The van der Waals surface area contributed by atoms with Gasteiger partial charge in [-0.3, -0.25) is 14.5 Å². The third-order valence-corrected chi connectivity index (χ3v) is 9.48. The van der Waals surface area contributed by atoms with Crippen molar-refractivity contribution in [3.63, 3.8) is 0 Å². The topological polar surface area (TPSA) is 88.8 Å². The summed E-state index contributed by atoms with van der Waals surface area (Å²) in [6, 6.07) is 7.59. The SMILES string of the molecule is CCC1(N2CCOCC2)CCN(c2cc3c(cn2)C(=O)C2=C(Cc4cc(C(N)=O)ccc42)C3(C)C)CC1. The molecule has 2 N–H and O–H groups in total. The van der Waals surface area contributed by atoms with E-state index in [1.165, 1.54) is 0 Å². The molecule has 0 radical (unpaired) electrons. The number of allylic oxidation sites excluding steroid dienone is 2. The number of piperidine rings is 1. The molecule has 0 saturated carbocycles. The molecule has 2 aliphatic heterocycles. The minimum atomic E-state index is -0.447. The van der Waals surface area contributed by atoms with Gasteiger partial charge in [0.15, 0.2) is 5.78 Å². The average Bonchev–Trinajstić information content (AvgIpc) is 3.32. The van der Waals surface area contributed by atoms with Crippen LogP contribution in [0.2, 0.25) is 0 Å². The zero-order valence-corrected chi connectivity index (χ0v) is 22.1. The summed E-state index contributed by atoms with van der Waals surface area (Å²) in [5.74, 6) is 0.546. The molecule has 3 heterocycles. The second-order valence-electron chi connectivity index (χ2n) is 11.5. The molecule has 1 aromatic heterocycles. The van der Waals surface area contributed by atoms with Crippen molar-refractivity contribution >= 4 is 23.1 Å². The lowest BCUT2D eigenvalue weighted by Gasteiger charge is -2.50. The number of carbonyl (C=O) groups excluding carboxylic acids is 2. The van der Waals surface area contributed by atoms with E-state index in [1.807, 2.05) is 12.1 Å². The molecule has 194 valence electrons. The number of rotatable bonds is 4. The molecule has 2 aromatic rings. The van der Waals surface area contributed by atoms with Crippen molar-refractivity contribution in [2.45, 2.75) is 57.4 Å². The van der Waals surface area contributed by atoms with Gasteiger partial charge in [0, 0.05) is 60.0 Å². The average molecular weight is 501 g/mol. The molecule has 2 saturated heterocycles. The second-order valence-corrected chi connectivity index (χ2v) is 11.5. The van der Waals surface area contributed by atoms with E-state index in [0.29, 0.717) is 17.5 Å². The zero-order chi connectivity index (χ0) is 25.9. The van der Waals surface area contributed by atoms with Crippen LogP contribution in [-0.2, 0) is 16.6 Å². The molecular formula is C30H36N4O3. The lowest BCUT2D eigenvalue weighted by Crippen LogP contribution is -2.58. The standard InChI is InChI=1S/C30H36N4O3/c1-4-30(34-11-13-37-14-12-34)7-9-33(10-8-30)25-17-23-22(18-32-25)27(35)26-21-6-5-19(28(31)36)15-20(21)16-24(26)29(23,2)3/h5-6,15,17-18H,4,7-14,16H2,1-3H3,(H2,31,36). The molecular weight excluding hydrogens is 464 g/mol. The van der Waals surface area contributed by atoms with Crippen LogP contribution >= 0.6 is 0 Å². The lowest BCUT2D eigenvalue weighted by atomic mass is 9.69. The molecule has 0 bridgehead atoms. The summed E-state index contributed by atoms with van der Waals surface area (Å²) in [6.07, 6.45) is 5.81. The van der Waals surface area contributed by atoms with Crippen LogP contribution in [0.1, 0.15) is 77.4 Å². The second kappa shape index (κ2) is 8.77. The summed E-state index contributed by atoms with van der Waals surface area (Å²) in [4.78, 5) is 35.3. The highest BCUT2D eigenvalue weighted by atomic mass is 16.5. The van der Waals surface area contributed by atoms with Crippen molar-refractivity contribution in [2.24, 2.45) is 5.73 Å². The van der Waals surface area contributed by atoms with E-state index < -0.39 is 5.91 Å². The number of pyridine rings is 1. The van der Waals surface area contributed by atoms with Gasteiger partial charge in [0.25, 0.3) is 0 Å². The molecule has 0 spiro atoms. The fourth-order valence-corrected chi connectivity index (χ4v) is 7.07. The van der Waals surface area contributed by atoms with Crippen LogP contribution in [0.3, 0.4) is 0 Å². The lowest BCUT2D eigenvalue weighted by molar-refractivity contribution is -0.0341. The largest absolute Gasteiger partial charge is 0.379 e. The Morgan fingerprint density at radius 3 is 2.49 bits per heavy atom. The van der Waals surface area contributed by atoms with E-state index in [9.17, 15) is 9.59 Å². The molecule has 2 fully saturated rings. The smallest absolute Gasteiger partial charge is 0.248 e. The summed E-state index contributed by atoms with van der Waals surface area (Å²) in [7, 11) is 0. The number of aromatic nitrogens is 1. The number of benzene rings is 1. The summed E-state index contributed by atoms with van der Waals surface area (Å²) in [5.41, 5.74) is 11.5. The molecule has 0 unspecified atom stereocenters. The quantitative estimate of drug-likeness (QED) is 0.688. The highest BCUT2D eigenvalue weighted by Gasteiger charge is 2.44. The molecule has 1 amide bonds. The first-order valence-electron chi connectivity index (χ1n) is 13.5. The number of hydrogen-bond acceptors (Lipinski definition) is 6. The van der Waals surface area contributed by atoms with Gasteiger partial charge in [0.2, 0.25) is 5.91 Å². The Balaban J connectivity index is 1.28. The molecule has 6 rings (SSSR count). The molecule has 7 heteroatoms. The van der Waals surface area contributed by atoms with Crippen molar-refractivity contribution in [3.8, 4) is 0 Å². The molecule has 2 aliphatic carbocycles. The van der Waals surface area contributed by atoms with Crippen LogP contribution < -0.4 is 10.6 Å². The Hall–Kier alpha value is -3.03. The number of primary amides is 1. The van der Waals surface area contributed by atoms with Crippen molar-refractivity contribution in [1.82, 2.24) is 9.88 Å². The maximum Gasteiger partial charge on any atom is 0.248 e. The number of amides is 1. The fraction of sp³-hybridized carbons (Fsp3) is 0.500. The Morgan fingerprint density at radius 2 is 1.81 bits per heavy atom. The Kier molecular flexibility index (Phi) is 5.77. The molecule has 1 aromatic carbocycles. The van der Waals surface area contributed by atoms with Crippen molar-refractivity contribution in [1.29, 1.82) is 0 Å². The number of ketones is 1. The van der Waals surface area contributed by atoms with E-state index in [1.54, 1.807) is 12.3 Å². The number of fused-ring (bicyclic) bond motifs is 3. The van der Waals surface area contributed by atoms with Gasteiger partial charge in [-0.2, -0.15) is 0 Å². The van der Waals surface area contributed by atoms with Gasteiger partial charge in [0.05, 0.1) is 13.2 Å². The van der Waals surface area contributed by atoms with Crippen LogP contribution in [0.25, 0.3) is 5.57 Å². The first kappa shape index (κ1) is 24.3. The van der Waals surface area contributed by atoms with Crippen LogP contribution in [0.4, 0.5) is 5.82 Å². The number of carbonyl (C=O) groups is 2. The van der Waals surface area contributed by atoms with Crippen LogP contribution in [-0.4, -0.2) is 66.5 Å². The molecule has 37 heavy (non-hydrogen) atoms. The number of anilines is 1. The third kappa shape index (κ3) is 3.74. The van der Waals surface area contributed by atoms with Gasteiger partial charge in [0.1, 0.15) is 5.82 Å². The summed E-state index contributed by atoms with van der Waals surface area (Å²) in [5, 5.41) is 0. The Labute approximate surface area is 218 Å². The predicted octanol–water partition coefficient (Wildman–Crippen LogP) is 3.75. The van der Waals surface area contributed by atoms with Gasteiger partial charge < -0.3 is 15.4 Å². The predicted molar refractivity (Wildman–Crippen MR) is 144 cm³/mol. The zero-order valence-electron chi connectivity index (χ0n) is 22.1. The van der Waals surface area contributed by atoms with Gasteiger partial charge in [-0.15, -0.1) is 0 Å². The van der Waals surface area contributed by atoms with Gasteiger partial charge in [-0.1, -0.05) is 26.8 Å². The minimum Gasteiger partial charge on any atom is -0.379 e. The summed E-state index contributed by atoms with van der Waals surface area (Å²) >= 11 is 0. The molecule has 4 aliphatic rings. The third-order valence-electron chi connectivity index (χ3n) is 9.48. The van der Waals surface area contributed by atoms with E-state index >= 15 is 0 Å². The molecule has 7 nitrogen and oxygen atoms in total. The first-order chi connectivity index (χ1) is 17.7. The van der Waals surface area contributed by atoms with E-state index in [0.717, 1.165) is 92.3 Å². The van der Waals surface area contributed by atoms with Crippen LogP contribution in [0, 0.1) is 0 Å². The highest BCUT2D eigenvalue weighted by Crippen LogP contribution is 2.50. The van der Waals surface area contributed by atoms with Gasteiger partial charge in [-0.25, -0.2) is 4.98 Å². The maximum atomic E-state index is 13.7. The maximum absolute atomic E-state index is 13.7. The number of nitrogens with zero attached hydrogens (tertiary/aromatic N) is 3. The number of Topliss-reactive ketones (excluding diaryl/α,β-unsaturated/α-hetero) is 1. The highest BCUT2D eigenvalue weighted by molar-refractivity contribution is 6.33. The van der Waals surface area contributed by atoms with Gasteiger partial charge >= 0.3 is 0 Å². The van der Waals surface area contributed by atoms with Crippen molar-refractivity contribution in [3.05, 3.63) is 63.9 Å². The van der Waals surface area contributed by atoms with Crippen LogP contribution in [0.5, 0.6) is 0 Å². The monoisotopic (exact) mass is 500 g/mol. The Bertz CT molecular complexity index is 1310. The summed E-state index contributed by atoms with van der Waals surface area (Å²) < 4.78 is 5.60. The minimum absolute atomic E-state index is 0.0323. The molecule has 0 atom stereocenters. The number of nitrogens with two attached hydrogens (primary N) is 1. The normalized spacial score (nSPS) is 22.5. The van der Waals surface area contributed by atoms with E-state index in [4.69, 9.17) is 15.5 Å². The summed E-state index contributed by atoms with van der Waals surface area (Å²) in [6.45, 7) is 12.3.